The molecule has 3 aromatic carbocycles. The molecule has 1 aliphatic heterocycles. The first-order valence-electron chi connectivity index (χ1n) is 15.1. The molecule has 1 saturated heterocycles. The Balaban J connectivity index is 1.29. The molecule has 2 aliphatic rings. The minimum atomic E-state index is -1.06. The number of Topliss-reactive ketones (excluding diaryl/α,β-unsaturated/α-hetero) is 1. The molecular formula is C35H42O7. The van der Waals surface area contributed by atoms with Crippen LogP contribution in [0, 0.1) is 5.92 Å². The molecule has 0 radical (unpaired) electrons. The Morgan fingerprint density at radius 1 is 0.690 bits per heavy atom. The Hall–Kier alpha value is -2.91. The van der Waals surface area contributed by atoms with Crippen LogP contribution < -0.4 is 0 Å². The van der Waals surface area contributed by atoms with E-state index in [1.165, 1.54) is 0 Å². The largest absolute Gasteiger partial charge is 0.385 e. The minimum Gasteiger partial charge on any atom is -0.385 e. The second-order valence-corrected chi connectivity index (χ2v) is 11.2. The highest BCUT2D eigenvalue weighted by atomic mass is 16.7. The van der Waals surface area contributed by atoms with E-state index in [2.05, 4.69) is 0 Å². The summed E-state index contributed by atoms with van der Waals surface area (Å²) in [5, 5.41) is 11.5. The number of aliphatic hydroxyl groups excluding tert-OH is 1. The molecule has 0 bridgehead atoms. The highest BCUT2D eigenvalue weighted by Crippen LogP contribution is 2.30. The predicted octanol–water partition coefficient (Wildman–Crippen LogP) is 5.63. The third-order valence-electron chi connectivity index (χ3n) is 8.05. The van der Waals surface area contributed by atoms with Crippen LogP contribution in [0.5, 0.6) is 0 Å². The van der Waals surface area contributed by atoms with E-state index < -0.39 is 30.7 Å². The lowest BCUT2D eigenvalue weighted by Crippen LogP contribution is -2.61. The minimum absolute atomic E-state index is 0.247. The van der Waals surface area contributed by atoms with Gasteiger partial charge in [-0.3, -0.25) is 4.79 Å². The van der Waals surface area contributed by atoms with Crippen LogP contribution in [-0.2, 0) is 48.3 Å². The van der Waals surface area contributed by atoms with Gasteiger partial charge in [0.05, 0.1) is 33.0 Å². The molecule has 7 heteroatoms. The van der Waals surface area contributed by atoms with Gasteiger partial charge in [-0.1, -0.05) is 91.0 Å². The van der Waals surface area contributed by atoms with Crippen molar-refractivity contribution in [3.8, 4) is 0 Å². The van der Waals surface area contributed by atoms with Gasteiger partial charge in [0, 0.05) is 12.8 Å². The van der Waals surface area contributed by atoms with Gasteiger partial charge in [-0.05, 0) is 41.9 Å². The zero-order valence-corrected chi connectivity index (χ0v) is 24.1. The second-order valence-electron chi connectivity index (χ2n) is 11.2. The molecule has 1 heterocycles. The summed E-state index contributed by atoms with van der Waals surface area (Å²) in [4.78, 5) is 11.6. The van der Waals surface area contributed by atoms with Crippen LogP contribution in [0.25, 0.3) is 0 Å². The van der Waals surface area contributed by atoms with Crippen molar-refractivity contribution < 1.29 is 33.6 Å². The summed E-state index contributed by atoms with van der Waals surface area (Å²) >= 11 is 0. The molecule has 1 saturated carbocycles. The van der Waals surface area contributed by atoms with Gasteiger partial charge in [-0.15, -0.1) is 0 Å². The van der Waals surface area contributed by atoms with Crippen molar-refractivity contribution in [3.63, 3.8) is 0 Å². The number of ether oxygens (including phenoxy) is 5. The quantitative estimate of drug-likeness (QED) is 0.267. The van der Waals surface area contributed by atoms with Crippen molar-refractivity contribution >= 4 is 5.78 Å². The average molecular weight is 575 g/mol. The van der Waals surface area contributed by atoms with Gasteiger partial charge in [-0.2, -0.15) is 0 Å². The van der Waals surface area contributed by atoms with Gasteiger partial charge in [0.25, 0.3) is 0 Å². The lowest BCUT2D eigenvalue weighted by Gasteiger charge is -2.44. The fourth-order valence-corrected chi connectivity index (χ4v) is 5.60. The van der Waals surface area contributed by atoms with E-state index in [0.717, 1.165) is 36.0 Å². The first kappa shape index (κ1) is 30.5. The van der Waals surface area contributed by atoms with Crippen LogP contribution >= 0.6 is 0 Å². The lowest BCUT2D eigenvalue weighted by atomic mass is 9.86. The summed E-state index contributed by atoms with van der Waals surface area (Å²) in [6, 6.07) is 29.8. The second kappa shape index (κ2) is 16.1. The van der Waals surface area contributed by atoms with E-state index in [-0.39, 0.29) is 6.61 Å². The monoisotopic (exact) mass is 574 g/mol. The van der Waals surface area contributed by atoms with Crippen LogP contribution in [0.2, 0.25) is 0 Å². The molecule has 1 N–H and O–H groups in total. The Labute approximate surface area is 248 Å². The van der Waals surface area contributed by atoms with Crippen molar-refractivity contribution in [1.82, 2.24) is 0 Å². The maximum absolute atomic E-state index is 11.6. The van der Waals surface area contributed by atoms with Crippen LogP contribution in [-0.4, -0.2) is 54.8 Å². The zero-order valence-electron chi connectivity index (χ0n) is 24.1. The van der Waals surface area contributed by atoms with Crippen LogP contribution in [0.3, 0.4) is 0 Å². The number of aliphatic hydroxyl groups is 1. The first-order valence-corrected chi connectivity index (χ1v) is 15.1. The summed E-state index contributed by atoms with van der Waals surface area (Å²) in [6.07, 6.45) is 0.111. The van der Waals surface area contributed by atoms with Crippen molar-refractivity contribution in [2.75, 3.05) is 13.2 Å². The van der Waals surface area contributed by atoms with E-state index in [0.29, 0.717) is 51.0 Å². The summed E-state index contributed by atoms with van der Waals surface area (Å²) in [5.41, 5.74) is 3.08. The fraction of sp³-hybridized carbons (Fsp3) is 0.457. The SMILES string of the molecule is O=C1CCC(CCO[C@H]2O[C@H](COCc3ccccc3)[C@@H](OCc3ccccc3)[C@H](OCc3ccccc3)[C@H]2O)CC1. The van der Waals surface area contributed by atoms with Crippen molar-refractivity contribution in [1.29, 1.82) is 0 Å². The number of carbonyl (C=O) groups is 1. The molecule has 224 valence electrons. The standard InChI is InChI=1S/C35H42O7/c36-30-18-16-26(17-19-30)20-21-39-35-32(37)34(41-24-29-14-8-3-9-15-29)33(40-23-28-12-6-2-7-13-28)31(42-35)25-38-22-27-10-4-1-5-11-27/h1-15,26,31-35,37H,16-25H2/t31-,32-,33-,34-,35+/m1/s1. The Morgan fingerprint density at radius 3 is 1.79 bits per heavy atom. The zero-order chi connectivity index (χ0) is 29.0. The van der Waals surface area contributed by atoms with Gasteiger partial charge in [0.1, 0.15) is 30.2 Å². The maximum Gasteiger partial charge on any atom is 0.186 e. The van der Waals surface area contributed by atoms with Crippen molar-refractivity contribution in [2.24, 2.45) is 5.92 Å². The molecular weight excluding hydrogens is 532 g/mol. The van der Waals surface area contributed by atoms with Gasteiger partial charge < -0.3 is 28.8 Å². The van der Waals surface area contributed by atoms with E-state index in [4.69, 9.17) is 23.7 Å². The smallest absolute Gasteiger partial charge is 0.186 e. The van der Waals surface area contributed by atoms with E-state index in [9.17, 15) is 9.90 Å². The molecule has 0 amide bonds. The molecule has 5 atom stereocenters. The summed E-state index contributed by atoms with van der Waals surface area (Å²) in [6.45, 7) is 1.76. The van der Waals surface area contributed by atoms with Gasteiger partial charge in [0.2, 0.25) is 0 Å². The highest BCUT2D eigenvalue weighted by Gasteiger charge is 2.47. The number of hydrogen-bond donors (Lipinski definition) is 1. The number of hydrogen-bond acceptors (Lipinski definition) is 7. The number of rotatable bonds is 14. The van der Waals surface area contributed by atoms with Crippen LogP contribution in [0.1, 0.15) is 48.8 Å². The fourth-order valence-electron chi connectivity index (χ4n) is 5.60. The maximum atomic E-state index is 11.6. The molecule has 0 aromatic heterocycles. The number of ketones is 1. The molecule has 5 rings (SSSR count). The van der Waals surface area contributed by atoms with E-state index in [1.807, 2.05) is 91.0 Å². The van der Waals surface area contributed by atoms with Crippen molar-refractivity contribution in [2.45, 2.75) is 82.6 Å². The van der Waals surface area contributed by atoms with Gasteiger partial charge in [0.15, 0.2) is 6.29 Å². The van der Waals surface area contributed by atoms with Crippen LogP contribution in [0.15, 0.2) is 91.0 Å². The predicted molar refractivity (Wildman–Crippen MR) is 158 cm³/mol. The molecule has 0 unspecified atom stereocenters. The van der Waals surface area contributed by atoms with Gasteiger partial charge >= 0.3 is 0 Å². The summed E-state index contributed by atoms with van der Waals surface area (Å²) < 4.78 is 31.5. The lowest BCUT2D eigenvalue weighted by molar-refractivity contribution is -0.319. The van der Waals surface area contributed by atoms with Crippen molar-refractivity contribution in [3.05, 3.63) is 108 Å². The Bertz CT molecular complexity index is 1180. The molecule has 42 heavy (non-hydrogen) atoms. The van der Waals surface area contributed by atoms with E-state index >= 15 is 0 Å². The van der Waals surface area contributed by atoms with E-state index in [1.54, 1.807) is 0 Å². The summed E-state index contributed by atoms with van der Waals surface area (Å²) in [7, 11) is 0. The third-order valence-corrected chi connectivity index (χ3v) is 8.05. The molecule has 7 nitrogen and oxygen atoms in total. The average Bonchev–Trinajstić information content (AvgIpc) is 3.03. The molecule has 3 aromatic rings. The summed E-state index contributed by atoms with van der Waals surface area (Å²) in [5.74, 6) is 0.789. The molecule has 1 aliphatic carbocycles. The van der Waals surface area contributed by atoms with Gasteiger partial charge in [-0.25, -0.2) is 0 Å². The Kier molecular flexibility index (Phi) is 11.7. The molecule has 0 spiro atoms. The third kappa shape index (κ3) is 9.04. The topological polar surface area (TPSA) is 83.5 Å². The number of benzene rings is 3. The Morgan fingerprint density at radius 2 is 1.21 bits per heavy atom. The molecule has 2 fully saturated rings. The normalized spacial score (nSPS) is 25.0. The highest BCUT2D eigenvalue weighted by molar-refractivity contribution is 5.79. The first-order chi connectivity index (χ1) is 20.7. The number of carbonyl (C=O) groups excluding carboxylic acids is 1. The van der Waals surface area contributed by atoms with Crippen LogP contribution in [0.4, 0.5) is 0 Å².